The lowest BCUT2D eigenvalue weighted by Gasteiger charge is -2.18. The zero-order valence-corrected chi connectivity index (χ0v) is 14.6. The Kier molecular flexibility index (Phi) is 4.66. The lowest BCUT2D eigenvalue weighted by Crippen LogP contribution is -2.28. The van der Waals surface area contributed by atoms with E-state index in [1.54, 1.807) is 17.9 Å². The molecule has 2 aromatic rings. The van der Waals surface area contributed by atoms with Gasteiger partial charge in [0, 0.05) is 17.4 Å². The Bertz CT molecular complexity index is 809. The average Bonchev–Trinajstić information content (AvgIpc) is 2.92. The van der Waals surface area contributed by atoms with E-state index in [0.29, 0.717) is 0 Å². The van der Waals surface area contributed by atoms with Crippen LogP contribution < -0.4 is 10.2 Å². The minimum atomic E-state index is -0.509. The fourth-order valence-electron chi connectivity index (χ4n) is 2.74. The molecule has 6 heteroatoms. The van der Waals surface area contributed by atoms with Crippen LogP contribution in [0.25, 0.3) is 0 Å². The van der Waals surface area contributed by atoms with E-state index in [0.717, 1.165) is 15.7 Å². The molecule has 1 unspecified atom stereocenters. The Morgan fingerprint density at radius 1 is 1.29 bits per heavy atom. The van der Waals surface area contributed by atoms with E-state index >= 15 is 0 Å². The van der Waals surface area contributed by atoms with Gasteiger partial charge in [-0.3, -0.25) is 9.59 Å². The van der Waals surface area contributed by atoms with E-state index in [4.69, 9.17) is 0 Å². The van der Waals surface area contributed by atoms with Crippen LogP contribution in [-0.4, -0.2) is 18.4 Å². The van der Waals surface area contributed by atoms with E-state index in [1.165, 1.54) is 12.1 Å². The third kappa shape index (κ3) is 3.33. The van der Waals surface area contributed by atoms with Crippen molar-refractivity contribution in [2.24, 2.45) is 5.92 Å². The zero-order valence-electron chi connectivity index (χ0n) is 13.1. The molecule has 3 rings (SSSR count). The van der Waals surface area contributed by atoms with Crippen LogP contribution in [0.5, 0.6) is 0 Å². The molecule has 1 aliphatic rings. The molecule has 2 aromatic carbocycles. The summed E-state index contributed by atoms with van der Waals surface area (Å²) in [6.07, 6.45) is 0.112. The van der Waals surface area contributed by atoms with Gasteiger partial charge in [-0.25, -0.2) is 4.39 Å². The van der Waals surface area contributed by atoms with Crippen LogP contribution in [0.1, 0.15) is 12.0 Å². The average molecular weight is 391 g/mol. The van der Waals surface area contributed by atoms with E-state index < -0.39 is 11.7 Å². The number of aryl methyl sites for hydroxylation is 1. The second-order valence-corrected chi connectivity index (χ2v) is 6.68. The molecular weight excluding hydrogens is 375 g/mol. The molecule has 124 valence electrons. The van der Waals surface area contributed by atoms with Gasteiger partial charge in [0.05, 0.1) is 17.3 Å². The normalized spacial score (nSPS) is 17.2. The van der Waals surface area contributed by atoms with Crippen molar-refractivity contribution in [2.45, 2.75) is 13.3 Å². The molecule has 1 saturated heterocycles. The molecular formula is C18H16BrFN2O2. The van der Waals surface area contributed by atoms with Gasteiger partial charge < -0.3 is 10.2 Å². The van der Waals surface area contributed by atoms with Crippen molar-refractivity contribution in [3.05, 3.63) is 58.3 Å². The number of amides is 2. The number of nitrogens with zero attached hydrogens (tertiary/aromatic N) is 1. The highest BCUT2D eigenvalue weighted by Gasteiger charge is 2.36. The maximum absolute atomic E-state index is 13.9. The van der Waals surface area contributed by atoms with Gasteiger partial charge in [0.1, 0.15) is 5.82 Å². The number of hydrogen-bond donors (Lipinski definition) is 1. The first kappa shape index (κ1) is 16.6. The molecule has 1 aliphatic heterocycles. The van der Waals surface area contributed by atoms with Gasteiger partial charge in [0.25, 0.3) is 0 Å². The molecule has 0 spiro atoms. The van der Waals surface area contributed by atoms with Crippen LogP contribution in [0, 0.1) is 18.7 Å². The number of rotatable bonds is 3. The van der Waals surface area contributed by atoms with E-state index in [1.807, 2.05) is 24.3 Å². The molecule has 4 nitrogen and oxygen atoms in total. The number of halogens is 2. The number of nitrogens with one attached hydrogen (secondary N) is 1. The third-order valence-corrected chi connectivity index (χ3v) is 4.69. The van der Waals surface area contributed by atoms with Gasteiger partial charge in [-0.05, 0) is 52.7 Å². The first-order valence-electron chi connectivity index (χ1n) is 7.57. The largest absolute Gasteiger partial charge is 0.323 e. The minimum Gasteiger partial charge on any atom is -0.323 e. The smallest absolute Gasteiger partial charge is 0.229 e. The van der Waals surface area contributed by atoms with Gasteiger partial charge >= 0.3 is 0 Å². The number of para-hydroxylation sites is 1. The van der Waals surface area contributed by atoms with Crippen molar-refractivity contribution in [3.8, 4) is 0 Å². The van der Waals surface area contributed by atoms with Crippen molar-refractivity contribution in [3.63, 3.8) is 0 Å². The van der Waals surface area contributed by atoms with E-state index in [9.17, 15) is 14.0 Å². The second-order valence-electron chi connectivity index (χ2n) is 5.83. The van der Waals surface area contributed by atoms with Crippen LogP contribution in [0.4, 0.5) is 15.8 Å². The van der Waals surface area contributed by atoms with Gasteiger partial charge in [-0.1, -0.05) is 18.2 Å². The summed E-state index contributed by atoms with van der Waals surface area (Å²) in [6.45, 7) is 2.06. The molecule has 0 aliphatic carbocycles. The summed E-state index contributed by atoms with van der Waals surface area (Å²) in [5.41, 5.74) is 1.65. The maximum Gasteiger partial charge on any atom is 0.229 e. The van der Waals surface area contributed by atoms with Gasteiger partial charge in [0.15, 0.2) is 0 Å². The zero-order chi connectivity index (χ0) is 17.3. The number of carbonyl (C=O) groups is 2. The Labute approximate surface area is 147 Å². The fraction of sp³-hybridized carbons (Fsp3) is 0.222. The van der Waals surface area contributed by atoms with Gasteiger partial charge in [-0.2, -0.15) is 0 Å². The Balaban J connectivity index is 1.73. The Morgan fingerprint density at radius 3 is 2.75 bits per heavy atom. The van der Waals surface area contributed by atoms with Gasteiger partial charge in [-0.15, -0.1) is 0 Å². The van der Waals surface area contributed by atoms with Crippen LogP contribution >= 0.6 is 15.9 Å². The standard InChI is InChI=1S/C18H16BrFN2O2/c1-11-6-7-15(14(20)8-11)21-18(24)12-9-17(23)22(10-12)16-5-3-2-4-13(16)19/h2-8,12H,9-10H2,1H3,(H,21,24). The summed E-state index contributed by atoms with van der Waals surface area (Å²) < 4.78 is 14.7. The summed E-state index contributed by atoms with van der Waals surface area (Å²) in [4.78, 5) is 26.2. The number of anilines is 2. The molecule has 1 N–H and O–H groups in total. The van der Waals surface area contributed by atoms with Crippen LogP contribution in [0.3, 0.4) is 0 Å². The van der Waals surface area contributed by atoms with Crippen LogP contribution in [0.15, 0.2) is 46.9 Å². The number of benzene rings is 2. The molecule has 0 bridgehead atoms. The number of carbonyl (C=O) groups excluding carboxylic acids is 2. The lowest BCUT2D eigenvalue weighted by molar-refractivity contribution is -0.122. The molecule has 1 fully saturated rings. The molecule has 0 radical (unpaired) electrons. The first-order chi connectivity index (χ1) is 11.5. The molecule has 0 aromatic heterocycles. The highest BCUT2D eigenvalue weighted by molar-refractivity contribution is 9.10. The predicted octanol–water partition coefficient (Wildman–Crippen LogP) is 3.89. The van der Waals surface area contributed by atoms with Crippen molar-refractivity contribution >= 4 is 39.1 Å². The number of hydrogen-bond acceptors (Lipinski definition) is 2. The predicted molar refractivity (Wildman–Crippen MR) is 94.4 cm³/mol. The highest BCUT2D eigenvalue weighted by atomic mass is 79.9. The second kappa shape index (κ2) is 6.73. The topological polar surface area (TPSA) is 49.4 Å². The molecule has 1 atom stereocenters. The summed E-state index contributed by atoms with van der Waals surface area (Å²) >= 11 is 3.42. The van der Waals surface area contributed by atoms with Crippen LogP contribution in [0.2, 0.25) is 0 Å². The van der Waals surface area contributed by atoms with Crippen molar-refractivity contribution < 1.29 is 14.0 Å². The Hall–Kier alpha value is -2.21. The molecule has 0 saturated carbocycles. The maximum atomic E-state index is 13.9. The summed E-state index contributed by atoms with van der Waals surface area (Å²) in [7, 11) is 0. The molecule has 24 heavy (non-hydrogen) atoms. The van der Waals surface area contributed by atoms with E-state index in [-0.39, 0.29) is 30.5 Å². The highest BCUT2D eigenvalue weighted by Crippen LogP contribution is 2.31. The first-order valence-corrected chi connectivity index (χ1v) is 8.37. The lowest BCUT2D eigenvalue weighted by atomic mass is 10.1. The molecule has 1 heterocycles. The van der Waals surface area contributed by atoms with E-state index in [2.05, 4.69) is 21.2 Å². The van der Waals surface area contributed by atoms with Crippen molar-refractivity contribution in [2.75, 3.05) is 16.8 Å². The monoisotopic (exact) mass is 390 g/mol. The summed E-state index contributed by atoms with van der Waals surface area (Å²) in [6, 6.07) is 12.0. The summed E-state index contributed by atoms with van der Waals surface area (Å²) in [5, 5.41) is 2.58. The van der Waals surface area contributed by atoms with Gasteiger partial charge in [0.2, 0.25) is 11.8 Å². The summed E-state index contributed by atoms with van der Waals surface area (Å²) in [5.74, 6) is -1.45. The SMILES string of the molecule is Cc1ccc(NC(=O)C2CC(=O)N(c3ccccc3Br)C2)c(F)c1. The molecule has 2 amide bonds. The van der Waals surface area contributed by atoms with Crippen LogP contribution in [-0.2, 0) is 9.59 Å². The third-order valence-electron chi connectivity index (χ3n) is 4.02. The quantitative estimate of drug-likeness (QED) is 0.863. The fourth-order valence-corrected chi connectivity index (χ4v) is 3.24. The van der Waals surface area contributed by atoms with Crippen molar-refractivity contribution in [1.29, 1.82) is 0 Å². The minimum absolute atomic E-state index is 0.112. The Morgan fingerprint density at radius 2 is 2.04 bits per heavy atom. The van der Waals surface area contributed by atoms with Crippen molar-refractivity contribution in [1.82, 2.24) is 0 Å².